The van der Waals surface area contributed by atoms with Gasteiger partial charge in [0.25, 0.3) is 0 Å². The molecule has 1 aliphatic carbocycles. The van der Waals surface area contributed by atoms with E-state index in [0.29, 0.717) is 11.1 Å². The van der Waals surface area contributed by atoms with Gasteiger partial charge in [-0.2, -0.15) is 0 Å². The van der Waals surface area contributed by atoms with Gasteiger partial charge in [-0.1, -0.05) is 68.3 Å². The molecule has 1 fully saturated rings. The van der Waals surface area contributed by atoms with Gasteiger partial charge in [0.1, 0.15) is 0 Å². The number of nitrogens with one attached hydrogen (secondary N) is 1. The first-order chi connectivity index (χ1) is 9.20. The summed E-state index contributed by atoms with van der Waals surface area (Å²) >= 11 is 12.3. The Morgan fingerprint density at radius 3 is 2.58 bits per heavy atom. The standard InChI is InChI=1S/C16H23Cl2N/c1-2-19-16(10-12-6-4-3-5-7-12)14-9-8-13(17)11-15(14)18/h8-9,11-12,16,19H,2-7,10H2,1H3. The van der Waals surface area contributed by atoms with E-state index in [1.165, 1.54) is 44.1 Å². The molecule has 1 aromatic carbocycles. The van der Waals surface area contributed by atoms with E-state index in [2.05, 4.69) is 18.3 Å². The molecule has 0 amide bonds. The third-order valence-electron chi connectivity index (χ3n) is 4.08. The Bertz CT molecular complexity index is 400. The molecule has 2 rings (SSSR count). The van der Waals surface area contributed by atoms with Crippen LogP contribution >= 0.6 is 23.2 Å². The van der Waals surface area contributed by atoms with Crippen LogP contribution in [0.25, 0.3) is 0 Å². The fourth-order valence-corrected chi connectivity index (χ4v) is 3.65. The first kappa shape index (κ1) is 15.2. The molecule has 0 saturated heterocycles. The highest BCUT2D eigenvalue weighted by Crippen LogP contribution is 2.35. The van der Waals surface area contributed by atoms with Crippen molar-refractivity contribution in [3.8, 4) is 0 Å². The molecular weight excluding hydrogens is 277 g/mol. The molecule has 0 spiro atoms. The fourth-order valence-electron chi connectivity index (χ4n) is 3.11. The van der Waals surface area contributed by atoms with Crippen LogP contribution in [0.4, 0.5) is 0 Å². The lowest BCUT2D eigenvalue weighted by Crippen LogP contribution is -2.24. The molecule has 1 N–H and O–H groups in total. The molecule has 0 aromatic heterocycles. The summed E-state index contributed by atoms with van der Waals surface area (Å²) in [5.41, 5.74) is 1.19. The summed E-state index contributed by atoms with van der Waals surface area (Å²) in [6.45, 7) is 3.12. The fraction of sp³-hybridized carbons (Fsp3) is 0.625. The molecule has 1 nitrogen and oxygen atoms in total. The van der Waals surface area contributed by atoms with Crippen LogP contribution in [0.3, 0.4) is 0 Å². The van der Waals surface area contributed by atoms with Crippen molar-refractivity contribution < 1.29 is 0 Å². The molecule has 0 radical (unpaired) electrons. The summed E-state index contributed by atoms with van der Waals surface area (Å²) in [6.07, 6.45) is 8.11. The van der Waals surface area contributed by atoms with Gasteiger partial charge in [0.05, 0.1) is 0 Å². The maximum absolute atomic E-state index is 6.35. The van der Waals surface area contributed by atoms with Gasteiger partial charge >= 0.3 is 0 Å². The van der Waals surface area contributed by atoms with Crippen molar-refractivity contribution in [3.63, 3.8) is 0 Å². The number of hydrogen-bond donors (Lipinski definition) is 1. The number of rotatable bonds is 5. The highest BCUT2D eigenvalue weighted by atomic mass is 35.5. The largest absolute Gasteiger partial charge is 0.310 e. The summed E-state index contributed by atoms with van der Waals surface area (Å²) < 4.78 is 0. The lowest BCUT2D eigenvalue weighted by atomic mass is 9.83. The van der Waals surface area contributed by atoms with E-state index in [4.69, 9.17) is 23.2 Å². The number of halogens is 2. The summed E-state index contributed by atoms with van der Waals surface area (Å²) in [5.74, 6) is 0.838. The zero-order valence-electron chi connectivity index (χ0n) is 11.6. The highest BCUT2D eigenvalue weighted by Gasteiger charge is 2.21. The Morgan fingerprint density at radius 1 is 1.21 bits per heavy atom. The van der Waals surface area contributed by atoms with E-state index in [1.807, 2.05) is 12.1 Å². The lowest BCUT2D eigenvalue weighted by Gasteiger charge is -2.28. The van der Waals surface area contributed by atoms with Gasteiger partial charge in [-0.15, -0.1) is 0 Å². The van der Waals surface area contributed by atoms with E-state index in [1.54, 1.807) is 0 Å². The van der Waals surface area contributed by atoms with Crippen LogP contribution in [-0.4, -0.2) is 6.54 Å². The average molecular weight is 300 g/mol. The SMILES string of the molecule is CCNC(CC1CCCCC1)c1ccc(Cl)cc1Cl. The Morgan fingerprint density at radius 2 is 1.95 bits per heavy atom. The van der Waals surface area contributed by atoms with Crippen molar-refractivity contribution in [2.24, 2.45) is 5.92 Å². The molecule has 0 heterocycles. The first-order valence-electron chi connectivity index (χ1n) is 7.39. The van der Waals surface area contributed by atoms with Crippen molar-refractivity contribution in [2.45, 2.75) is 51.5 Å². The minimum Gasteiger partial charge on any atom is -0.310 e. The van der Waals surface area contributed by atoms with Gasteiger partial charge < -0.3 is 5.32 Å². The molecule has 1 aromatic rings. The predicted octanol–water partition coefficient (Wildman–Crippen LogP) is 5.61. The Labute approximate surface area is 126 Å². The monoisotopic (exact) mass is 299 g/mol. The molecule has 19 heavy (non-hydrogen) atoms. The van der Waals surface area contributed by atoms with Crippen LogP contribution in [-0.2, 0) is 0 Å². The van der Waals surface area contributed by atoms with Crippen molar-refractivity contribution in [1.29, 1.82) is 0 Å². The third kappa shape index (κ3) is 4.37. The summed E-state index contributed by atoms with van der Waals surface area (Å²) in [4.78, 5) is 0. The Hall–Kier alpha value is -0.240. The van der Waals surface area contributed by atoms with Gasteiger partial charge in [-0.25, -0.2) is 0 Å². The first-order valence-corrected chi connectivity index (χ1v) is 8.14. The Balaban J connectivity index is 2.09. The molecule has 1 unspecified atom stereocenters. The topological polar surface area (TPSA) is 12.0 Å². The van der Waals surface area contributed by atoms with Crippen molar-refractivity contribution >= 4 is 23.2 Å². The van der Waals surface area contributed by atoms with Gasteiger partial charge in [0.2, 0.25) is 0 Å². The summed E-state index contributed by atoms with van der Waals surface area (Å²) in [6, 6.07) is 6.22. The summed E-state index contributed by atoms with van der Waals surface area (Å²) in [7, 11) is 0. The number of hydrogen-bond acceptors (Lipinski definition) is 1. The normalized spacial score (nSPS) is 18.5. The van der Waals surface area contributed by atoms with Crippen LogP contribution in [0.1, 0.15) is 57.1 Å². The third-order valence-corrected chi connectivity index (χ3v) is 4.64. The van der Waals surface area contributed by atoms with Crippen LogP contribution in [0.5, 0.6) is 0 Å². The minimum absolute atomic E-state index is 0.359. The molecule has 106 valence electrons. The molecule has 1 saturated carbocycles. The molecule has 0 aliphatic heterocycles. The molecular formula is C16H23Cl2N. The molecule has 3 heteroatoms. The van der Waals surface area contributed by atoms with Crippen molar-refractivity contribution in [1.82, 2.24) is 5.32 Å². The van der Waals surface area contributed by atoms with Crippen LogP contribution < -0.4 is 5.32 Å². The van der Waals surface area contributed by atoms with E-state index in [-0.39, 0.29) is 0 Å². The minimum atomic E-state index is 0.359. The maximum atomic E-state index is 6.35. The molecule has 1 atom stereocenters. The van der Waals surface area contributed by atoms with E-state index >= 15 is 0 Å². The number of benzene rings is 1. The van der Waals surface area contributed by atoms with Crippen molar-refractivity contribution in [3.05, 3.63) is 33.8 Å². The van der Waals surface area contributed by atoms with E-state index in [0.717, 1.165) is 17.5 Å². The Kier molecular flexibility index (Phi) is 6.00. The zero-order valence-corrected chi connectivity index (χ0v) is 13.1. The van der Waals surface area contributed by atoms with E-state index in [9.17, 15) is 0 Å². The van der Waals surface area contributed by atoms with Crippen molar-refractivity contribution in [2.75, 3.05) is 6.54 Å². The van der Waals surface area contributed by atoms with Crippen LogP contribution in [0.15, 0.2) is 18.2 Å². The highest BCUT2D eigenvalue weighted by molar-refractivity contribution is 6.35. The zero-order chi connectivity index (χ0) is 13.7. The van der Waals surface area contributed by atoms with Gasteiger partial charge in [0.15, 0.2) is 0 Å². The predicted molar refractivity (Wildman–Crippen MR) is 84.1 cm³/mol. The van der Waals surface area contributed by atoms with Gasteiger partial charge in [-0.3, -0.25) is 0 Å². The van der Waals surface area contributed by atoms with Gasteiger partial charge in [-0.05, 0) is 36.6 Å². The van der Waals surface area contributed by atoms with Crippen LogP contribution in [0.2, 0.25) is 10.0 Å². The smallest absolute Gasteiger partial charge is 0.0468 e. The second-order valence-electron chi connectivity index (χ2n) is 5.52. The lowest BCUT2D eigenvalue weighted by molar-refractivity contribution is 0.301. The summed E-state index contributed by atoms with van der Waals surface area (Å²) in [5, 5.41) is 5.08. The quantitative estimate of drug-likeness (QED) is 0.744. The second kappa shape index (κ2) is 7.52. The average Bonchev–Trinajstić information content (AvgIpc) is 2.39. The van der Waals surface area contributed by atoms with Gasteiger partial charge in [0, 0.05) is 16.1 Å². The molecule has 0 bridgehead atoms. The molecule has 1 aliphatic rings. The second-order valence-corrected chi connectivity index (χ2v) is 6.36. The maximum Gasteiger partial charge on any atom is 0.0468 e. The van der Waals surface area contributed by atoms with Crippen LogP contribution in [0, 0.1) is 5.92 Å². The van der Waals surface area contributed by atoms with E-state index < -0.39 is 0 Å².